The topological polar surface area (TPSA) is 21.7 Å². The number of ether oxygens (including phenoxy) is 2. The van der Waals surface area contributed by atoms with E-state index in [-0.39, 0.29) is 5.79 Å². The average Bonchev–Trinajstić information content (AvgIpc) is 3.45. The van der Waals surface area contributed by atoms with E-state index in [4.69, 9.17) is 9.47 Å². The van der Waals surface area contributed by atoms with Crippen LogP contribution in [0, 0.1) is 0 Å². The molecule has 0 amide bonds. The van der Waals surface area contributed by atoms with Gasteiger partial charge in [-0.25, -0.2) is 0 Å². The summed E-state index contributed by atoms with van der Waals surface area (Å²) in [4.78, 5) is 2.39. The van der Waals surface area contributed by atoms with Crippen molar-refractivity contribution in [3.8, 4) is 0 Å². The van der Waals surface area contributed by atoms with Gasteiger partial charge in [-0.3, -0.25) is 0 Å². The van der Waals surface area contributed by atoms with Gasteiger partial charge in [0.05, 0.1) is 12.2 Å². The fourth-order valence-corrected chi connectivity index (χ4v) is 7.51. The van der Waals surface area contributed by atoms with Gasteiger partial charge >= 0.3 is 0 Å². The Bertz CT molecular complexity index is 794. The molecule has 278 valence electrons. The molecule has 1 aliphatic heterocycles. The standard InChI is InChI=1S/C45H81NO2/c1-5-7-9-11-13-15-17-19-21-23-25-27-29-31-33-35-39-45(47-43-38-37-42(46(3)4)41-44(43)48-45)40-36-34-32-30-28-26-24-22-20-18-16-14-12-10-8-6-2/h13-16,19-22,42-44H,5-12,17-18,23-41H2,1-4H3/b15-13-,16-14-,21-19-,22-20-/t42-,43+,44+/m1/s1. The lowest BCUT2D eigenvalue weighted by Gasteiger charge is -2.33. The predicted octanol–water partition coefficient (Wildman–Crippen LogP) is 14.0. The van der Waals surface area contributed by atoms with Gasteiger partial charge in [-0.05, 0) is 110 Å². The summed E-state index contributed by atoms with van der Waals surface area (Å²) in [6.45, 7) is 4.54. The minimum absolute atomic E-state index is 0.292. The van der Waals surface area contributed by atoms with E-state index in [9.17, 15) is 0 Å². The first kappa shape index (κ1) is 43.0. The van der Waals surface area contributed by atoms with E-state index >= 15 is 0 Å². The molecule has 0 N–H and O–H groups in total. The molecule has 2 aliphatic rings. The van der Waals surface area contributed by atoms with Gasteiger partial charge in [0, 0.05) is 18.9 Å². The molecule has 1 heterocycles. The van der Waals surface area contributed by atoms with Crippen LogP contribution in [0.3, 0.4) is 0 Å². The first-order valence-corrected chi connectivity index (χ1v) is 21.2. The number of fused-ring (bicyclic) bond motifs is 1. The molecule has 3 atom stereocenters. The fraction of sp³-hybridized carbons (Fsp3) is 0.822. The molecule has 0 aromatic rings. The van der Waals surface area contributed by atoms with Gasteiger partial charge in [0.1, 0.15) is 0 Å². The van der Waals surface area contributed by atoms with Gasteiger partial charge in [0.15, 0.2) is 5.79 Å². The van der Waals surface area contributed by atoms with Crippen LogP contribution in [0.25, 0.3) is 0 Å². The van der Waals surface area contributed by atoms with Crippen molar-refractivity contribution in [2.24, 2.45) is 0 Å². The maximum absolute atomic E-state index is 6.91. The lowest BCUT2D eigenvalue weighted by Crippen LogP contribution is -2.40. The highest BCUT2D eigenvalue weighted by Gasteiger charge is 2.49. The molecular weight excluding hydrogens is 587 g/mol. The van der Waals surface area contributed by atoms with Crippen LogP contribution in [0.4, 0.5) is 0 Å². The summed E-state index contributed by atoms with van der Waals surface area (Å²) >= 11 is 0. The third-order valence-corrected chi connectivity index (χ3v) is 10.7. The third kappa shape index (κ3) is 21.1. The van der Waals surface area contributed by atoms with Crippen molar-refractivity contribution < 1.29 is 9.47 Å². The van der Waals surface area contributed by atoms with Crippen LogP contribution in [0.1, 0.15) is 200 Å². The first-order chi connectivity index (χ1) is 23.6. The first-order valence-electron chi connectivity index (χ1n) is 21.2. The molecule has 1 saturated heterocycles. The molecule has 0 unspecified atom stereocenters. The van der Waals surface area contributed by atoms with Crippen LogP contribution in [0.15, 0.2) is 48.6 Å². The van der Waals surface area contributed by atoms with E-state index < -0.39 is 0 Å². The van der Waals surface area contributed by atoms with Gasteiger partial charge in [0.2, 0.25) is 0 Å². The molecule has 3 heteroatoms. The quantitative estimate of drug-likeness (QED) is 0.0542. The Morgan fingerprint density at radius 2 is 0.875 bits per heavy atom. The van der Waals surface area contributed by atoms with Crippen LogP contribution in [0.5, 0.6) is 0 Å². The molecule has 0 bridgehead atoms. The van der Waals surface area contributed by atoms with E-state index in [2.05, 4.69) is 81.5 Å². The largest absolute Gasteiger partial charge is 0.344 e. The van der Waals surface area contributed by atoms with Crippen LogP contribution in [-0.2, 0) is 9.47 Å². The predicted molar refractivity (Wildman–Crippen MR) is 212 cm³/mol. The SMILES string of the molecule is CCCCC/C=C\C/C=C\CCCCCCCCC1(CCCCCCCC/C=C\C/C=C\CCCCC)O[C@H]2CC[C@@H](N(C)C)C[C@@H]2O1. The van der Waals surface area contributed by atoms with Gasteiger partial charge in [-0.15, -0.1) is 0 Å². The molecule has 1 saturated carbocycles. The van der Waals surface area contributed by atoms with Gasteiger partial charge in [-0.1, -0.05) is 140 Å². The Morgan fingerprint density at radius 1 is 0.479 bits per heavy atom. The summed E-state index contributed by atoms with van der Waals surface area (Å²) in [6.07, 6.45) is 56.3. The van der Waals surface area contributed by atoms with Crippen molar-refractivity contribution in [3.05, 3.63) is 48.6 Å². The minimum atomic E-state index is -0.318. The zero-order chi connectivity index (χ0) is 34.4. The highest BCUT2D eigenvalue weighted by Crippen LogP contribution is 2.43. The monoisotopic (exact) mass is 668 g/mol. The fourth-order valence-electron chi connectivity index (χ4n) is 7.51. The highest BCUT2D eigenvalue weighted by atomic mass is 16.8. The van der Waals surface area contributed by atoms with E-state index in [0.717, 1.165) is 38.5 Å². The number of nitrogens with zero attached hydrogens (tertiary/aromatic N) is 1. The smallest absolute Gasteiger partial charge is 0.169 e. The van der Waals surface area contributed by atoms with E-state index in [1.807, 2.05) is 0 Å². The normalized spacial score (nSPS) is 21.2. The highest BCUT2D eigenvalue weighted by molar-refractivity contribution is 4.95. The lowest BCUT2D eigenvalue weighted by molar-refractivity contribution is -0.186. The Morgan fingerprint density at radius 3 is 1.31 bits per heavy atom. The molecule has 48 heavy (non-hydrogen) atoms. The Labute approximate surface area is 300 Å². The summed E-state index contributed by atoms with van der Waals surface area (Å²) in [5.74, 6) is -0.318. The second kappa shape index (κ2) is 29.6. The summed E-state index contributed by atoms with van der Waals surface area (Å²) in [7, 11) is 4.45. The number of hydrogen-bond acceptors (Lipinski definition) is 3. The second-order valence-electron chi connectivity index (χ2n) is 15.3. The Balaban J connectivity index is 1.59. The zero-order valence-electron chi connectivity index (χ0n) is 32.6. The van der Waals surface area contributed by atoms with E-state index in [0.29, 0.717) is 18.2 Å². The molecule has 1 aliphatic carbocycles. The van der Waals surface area contributed by atoms with Crippen LogP contribution < -0.4 is 0 Å². The van der Waals surface area contributed by atoms with Gasteiger partial charge in [0.25, 0.3) is 0 Å². The molecule has 0 spiro atoms. The molecule has 3 nitrogen and oxygen atoms in total. The lowest BCUT2D eigenvalue weighted by atomic mass is 9.90. The van der Waals surface area contributed by atoms with E-state index in [1.165, 1.54) is 148 Å². The van der Waals surface area contributed by atoms with Crippen molar-refractivity contribution in [2.45, 2.75) is 224 Å². The molecular formula is C45H81NO2. The van der Waals surface area contributed by atoms with Crippen LogP contribution in [0.2, 0.25) is 0 Å². The number of unbranched alkanes of at least 4 members (excludes halogenated alkanes) is 18. The molecule has 2 fully saturated rings. The molecule has 0 aromatic heterocycles. The molecule has 0 radical (unpaired) electrons. The van der Waals surface area contributed by atoms with Crippen molar-refractivity contribution in [3.63, 3.8) is 0 Å². The van der Waals surface area contributed by atoms with Gasteiger partial charge in [-0.2, -0.15) is 0 Å². The summed E-state index contributed by atoms with van der Waals surface area (Å²) < 4.78 is 13.8. The van der Waals surface area contributed by atoms with Crippen molar-refractivity contribution >= 4 is 0 Å². The summed E-state index contributed by atoms with van der Waals surface area (Å²) in [5, 5.41) is 0. The summed E-state index contributed by atoms with van der Waals surface area (Å²) in [6, 6.07) is 0.634. The number of rotatable bonds is 31. The van der Waals surface area contributed by atoms with Crippen molar-refractivity contribution in [1.82, 2.24) is 4.90 Å². The van der Waals surface area contributed by atoms with Crippen molar-refractivity contribution in [2.75, 3.05) is 14.1 Å². The Hall–Kier alpha value is -1.16. The number of allylic oxidation sites excluding steroid dienone is 8. The minimum Gasteiger partial charge on any atom is -0.344 e. The average molecular weight is 668 g/mol. The summed E-state index contributed by atoms with van der Waals surface area (Å²) in [5.41, 5.74) is 0. The molecule has 0 aromatic carbocycles. The van der Waals surface area contributed by atoms with Crippen LogP contribution in [-0.4, -0.2) is 43.0 Å². The van der Waals surface area contributed by atoms with Crippen LogP contribution >= 0.6 is 0 Å². The van der Waals surface area contributed by atoms with Gasteiger partial charge < -0.3 is 14.4 Å². The number of hydrogen-bond donors (Lipinski definition) is 0. The third-order valence-electron chi connectivity index (χ3n) is 10.7. The Kier molecular flexibility index (Phi) is 26.5. The van der Waals surface area contributed by atoms with E-state index in [1.54, 1.807) is 0 Å². The van der Waals surface area contributed by atoms with Crippen molar-refractivity contribution in [1.29, 1.82) is 0 Å². The maximum Gasteiger partial charge on any atom is 0.169 e. The maximum atomic E-state index is 6.91. The zero-order valence-corrected chi connectivity index (χ0v) is 32.6. The second-order valence-corrected chi connectivity index (χ2v) is 15.3. The molecule has 2 rings (SSSR count).